The van der Waals surface area contributed by atoms with Crippen LogP contribution in [-0.2, 0) is 6.54 Å². The Kier molecular flexibility index (Phi) is 6.09. The average Bonchev–Trinajstić information content (AvgIpc) is 3.01. The van der Waals surface area contributed by atoms with Gasteiger partial charge in [-0.15, -0.1) is 11.3 Å². The Morgan fingerprint density at radius 2 is 2.00 bits per heavy atom. The number of rotatable bonds is 4. The van der Waals surface area contributed by atoms with E-state index < -0.39 is 0 Å². The van der Waals surface area contributed by atoms with E-state index in [1.807, 2.05) is 24.4 Å². The van der Waals surface area contributed by atoms with Gasteiger partial charge >= 0.3 is 0 Å². The van der Waals surface area contributed by atoms with E-state index >= 15 is 0 Å². The predicted octanol–water partition coefficient (Wildman–Crippen LogP) is 5.65. The van der Waals surface area contributed by atoms with Crippen LogP contribution in [0, 0.1) is 0 Å². The average molecular weight is 455 g/mol. The van der Waals surface area contributed by atoms with Crippen molar-refractivity contribution in [3.05, 3.63) is 62.2 Å². The first-order chi connectivity index (χ1) is 13.5. The third-order valence-corrected chi connectivity index (χ3v) is 7.03. The fourth-order valence-electron chi connectivity index (χ4n) is 3.46. The molecule has 146 valence electrons. The van der Waals surface area contributed by atoms with E-state index in [1.54, 1.807) is 12.1 Å². The molecule has 1 aliphatic rings. The minimum Gasteiger partial charge on any atom is -0.348 e. The van der Waals surface area contributed by atoms with Crippen LogP contribution in [-0.4, -0.2) is 34.9 Å². The molecule has 0 aliphatic carbocycles. The Hall–Kier alpha value is -1.37. The number of carbonyl (C=O) groups excluding carboxylic acids is 1. The fourth-order valence-corrected chi connectivity index (χ4v) is 5.75. The van der Waals surface area contributed by atoms with E-state index in [2.05, 4.69) is 15.2 Å². The summed E-state index contributed by atoms with van der Waals surface area (Å²) in [5, 5.41) is 5.20. The van der Waals surface area contributed by atoms with Crippen molar-refractivity contribution in [2.45, 2.75) is 25.4 Å². The maximum atomic E-state index is 12.8. The minimum absolute atomic E-state index is 0.132. The van der Waals surface area contributed by atoms with Crippen molar-refractivity contribution < 1.29 is 4.79 Å². The molecule has 1 aliphatic heterocycles. The normalized spacial score (nSPS) is 15.8. The van der Waals surface area contributed by atoms with Crippen LogP contribution < -0.4 is 5.32 Å². The van der Waals surface area contributed by atoms with Gasteiger partial charge in [0.15, 0.2) is 0 Å². The highest BCUT2D eigenvalue weighted by atomic mass is 35.5. The highest BCUT2D eigenvalue weighted by molar-refractivity contribution is 7.21. The molecule has 1 aromatic carbocycles. The van der Waals surface area contributed by atoms with E-state index in [-0.39, 0.29) is 11.9 Å². The molecule has 1 saturated heterocycles. The molecule has 0 radical (unpaired) electrons. The Labute approximate surface area is 182 Å². The molecular formula is C20H18Cl3N3OS. The van der Waals surface area contributed by atoms with Crippen LogP contribution in [0.3, 0.4) is 0 Å². The molecule has 1 amide bonds. The Morgan fingerprint density at radius 1 is 1.21 bits per heavy atom. The van der Waals surface area contributed by atoms with Gasteiger partial charge in [-0.05, 0) is 37.1 Å². The van der Waals surface area contributed by atoms with Crippen LogP contribution in [0.2, 0.25) is 15.1 Å². The van der Waals surface area contributed by atoms with Crippen LogP contribution in [0.4, 0.5) is 0 Å². The summed E-state index contributed by atoms with van der Waals surface area (Å²) in [6, 6.07) is 9.52. The Bertz CT molecular complexity index is 1000. The molecule has 8 heteroatoms. The lowest BCUT2D eigenvalue weighted by Gasteiger charge is -2.32. The van der Waals surface area contributed by atoms with Crippen molar-refractivity contribution in [1.82, 2.24) is 15.2 Å². The molecule has 4 rings (SSSR count). The van der Waals surface area contributed by atoms with E-state index in [0.717, 1.165) is 42.9 Å². The second-order valence-electron chi connectivity index (χ2n) is 6.85. The lowest BCUT2D eigenvalue weighted by atomic mass is 10.0. The second kappa shape index (κ2) is 8.56. The predicted molar refractivity (Wildman–Crippen MR) is 117 cm³/mol. The van der Waals surface area contributed by atoms with Gasteiger partial charge in [-0.1, -0.05) is 40.9 Å². The number of fused-ring (bicyclic) bond motifs is 1. The molecule has 1 N–H and O–H groups in total. The van der Waals surface area contributed by atoms with Crippen molar-refractivity contribution in [2.75, 3.05) is 13.1 Å². The lowest BCUT2D eigenvalue weighted by Crippen LogP contribution is -2.44. The zero-order valence-electron chi connectivity index (χ0n) is 14.9. The van der Waals surface area contributed by atoms with Crippen molar-refractivity contribution in [3.63, 3.8) is 0 Å². The minimum atomic E-state index is -0.151. The molecule has 3 heterocycles. The number of benzene rings is 1. The van der Waals surface area contributed by atoms with Gasteiger partial charge in [0.25, 0.3) is 5.91 Å². The molecule has 0 atom stereocenters. The number of nitrogens with one attached hydrogen (secondary N) is 1. The van der Waals surface area contributed by atoms with Gasteiger partial charge in [-0.3, -0.25) is 14.7 Å². The van der Waals surface area contributed by atoms with Crippen molar-refractivity contribution >= 4 is 62.1 Å². The summed E-state index contributed by atoms with van der Waals surface area (Å²) < 4.78 is 0.817. The van der Waals surface area contributed by atoms with Gasteiger partial charge in [0, 0.05) is 47.0 Å². The number of halogens is 3. The van der Waals surface area contributed by atoms with Gasteiger partial charge in [-0.2, -0.15) is 0 Å². The van der Waals surface area contributed by atoms with E-state index in [9.17, 15) is 4.79 Å². The van der Waals surface area contributed by atoms with Gasteiger partial charge in [-0.25, -0.2) is 0 Å². The lowest BCUT2D eigenvalue weighted by molar-refractivity contribution is 0.0913. The summed E-state index contributed by atoms with van der Waals surface area (Å²) >= 11 is 20.1. The third kappa shape index (κ3) is 4.29. The standard InChI is InChI=1S/C20H18Cl3N3OS/c21-12-9-15(22)17-16(10-12)28-19(18(17)23)20(27)25-13-4-7-26(8-5-13)11-14-3-1-2-6-24-14/h1-3,6,9-10,13H,4-5,7-8,11H2,(H,25,27). The summed E-state index contributed by atoms with van der Waals surface area (Å²) in [6.07, 6.45) is 3.61. The molecular weight excluding hydrogens is 437 g/mol. The summed E-state index contributed by atoms with van der Waals surface area (Å²) in [5.74, 6) is -0.151. The third-order valence-electron chi connectivity index (χ3n) is 4.89. The van der Waals surface area contributed by atoms with E-state index in [4.69, 9.17) is 34.8 Å². The van der Waals surface area contributed by atoms with Crippen molar-refractivity contribution in [1.29, 1.82) is 0 Å². The maximum absolute atomic E-state index is 12.8. The largest absolute Gasteiger partial charge is 0.348 e. The number of hydrogen-bond acceptors (Lipinski definition) is 4. The van der Waals surface area contributed by atoms with Gasteiger partial charge < -0.3 is 5.32 Å². The second-order valence-corrected chi connectivity index (χ2v) is 9.12. The van der Waals surface area contributed by atoms with Crippen LogP contribution >= 0.6 is 46.1 Å². The number of nitrogens with zero attached hydrogens (tertiary/aromatic N) is 2. The highest BCUT2D eigenvalue weighted by Crippen LogP contribution is 2.41. The molecule has 4 nitrogen and oxygen atoms in total. The number of thiophene rings is 1. The maximum Gasteiger partial charge on any atom is 0.263 e. The zero-order chi connectivity index (χ0) is 19.7. The summed E-state index contributed by atoms with van der Waals surface area (Å²) in [4.78, 5) is 20.0. The first-order valence-corrected chi connectivity index (χ1v) is 11.0. The molecule has 0 spiro atoms. The van der Waals surface area contributed by atoms with E-state index in [1.165, 1.54) is 11.3 Å². The number of aromatic nitrogens is 1. The quantitative estimate of drug-likeness (QED) is 0.554. The molecule has 3 aromatic rings. The number of pyridine rings is 1. The molecule has 1 fully saturated rings. The molecule has 0 bridgehead atoms. The number of carbonyl (C=O) groups is 1. The van der Waals surface area contributed by atoms with Crippen LogP contribution in [0.15, 0.2) is 36.5 Å². The van der Waals surface area contributed by atoms with Crippen LogP contribution in [0.1, 0.15) is 28.2 Å². The smallest absolute Gasteiger partial charge is 0.263 e. The summed E-state index contributed by atoms with van der Waals surface area (Å²) in [7, 11) is 0. The molecule has 0 unspecified atom stereocenters. The van der Waals surface area contributed by atoms with Gasteiger partial charge in [0.2, 0.25) is 0 Å². The zero-order valence-corrected chi connectivity index (χ0v) is 18.0. The fraction of sp³-hybridized carbons (Fsp3) is 0.300. The molecule has 28 heavy (non-hydrogen) atoms. The first kappa shape index (κ1) is 19.9. The topological polar surface area (TPSA) is 45.2 Å². The highest BCUT2D eigenvalue weighted by Gasteiger charge is 2.24. The van der Waals surface area contributed by atoms with Gasteiger partial charge in [0.1, 0.15) is 4.88 Å². The number of amides is 1. The number of likely N-dealkylation sites (tertiary alicyclic amines) is 1. The van der Waals surface area contributed by atoms with Crippen molar-refractivity contribution in [3.8, 4) is 0 Å². The van der Waals surface area contributed by atoms with Gasteiger partial charge in [0.05, 0.1) is 15.7 Å². The van der Waals surface area contributed by atoms with Crippen molar-refractivity contribution in [2.24, 2.45) is 0 Å². The molecule has 2 aromatic heterocycles. The number of piperidine rings is 1. The Morgan fingerprint density at radius 3 is 2.71 bits per heavy atom. The molecule has 0 saturated carbocycles. The van der Waals surface area contributed by atoms with E-state index in [0.29, 0.717) is 25.3 Å². The monoisotopic (exact) mass is 453 g/mol. The SMILES string of the molecule is O=C(NC1CCN(Cc2ccccn2)CC1)c1sc2cc(Cl)cc(Cl)c2c1Cl. The summed E-state index contributed by atoms with van der Waals surface area (Å²) in [5.41, 5.74) is 1.07. The van der Waals surface area contributed by atoms with Crippen LogP contribution in [0.25, 0.3) is 10.1 Å². The van der Waals surface area contributed by atoms with Crippen LogP contribution in [0.5, 0.6) is 0 Å². The first-order valence-electron chi connectivity index (χ1n) is 9.01. The number of hydrogen-bond donors (Lipinski definition) is 1. The summed E-state index contributed by atoms with van der Waals surface area (Å²) in [6.45, 7) is 2.68. The Balaban J connectivity index is 1.39.